The minimum Gasteiger partial charge on any atom is -0.323 e. The van der Waals surface area contributed by atoms with Crippen LogP contribution in [0.5, 0.6) is 0 Å². The molecule has 0 aromatic heterocycles. The van der Waals surface area contributed by atoms with Crippen molar-refractivity contribution in [2.45, 2.75) is 32.7 Å². The van der Waals surface area contributed by atoms with Crippen LogP contribution < -0.4 is 10.6 Å². The molecule has 2 unspecified atom stereocenters. The van der Waals surface area contributed by atoms with E-state index < -0.39 is 0 Å². The molecule has 0 saturated carbocycles. The van der Waals surface area contributed by atoms with Crippen molar-refractivity contribution in [3.63, 3.8) is 0 Å². The minimum absolute atomic E-state index is 0.0478. The molecule has 0 bridgehead atoms. The number of piperidine rings is 1. The van der Waals surface area contributed by atoms with Crippen LogP contribution in [0.15, 0.2) is 12.1 Å². The monoisotopic (exact) mass is 300 g/mol. The van der Waals surface area contributed by atoms with Gasteiger partial charge in [0.05, 0.1) is 16.8 Å². The van der Waals surface area contributed by atoms with Crippen molar-refractivity contribution < 1.29 is 4.79 Å². The van der Waals surface area contributed by atoms with Gasteiger partial charge in [-0.3, -0.25) is 4.79 Å². The standard InChI is InChI=1S/C14H18Cl2N2O/c1-8-3-4-17-13(5-8)14(19)18-12-7-10(15)9(2)6-11(12)16/h6-8,13,17H,3-5H2,1-2H3,(H,18,19). The van der Waals surface area contributed by atoms with E-state index in [1.54, 1.807) is 12.1 Å². The summed E-state index contributed by atoms with van der Waals surface area (Å²) in [6.07, 6.45) is 1.96. The van der Waals surface area contributed by atoms with Crippen LogP contribution >= 0.6 is 23.2 Å². The van der Waals surface area contributed by atoms with Gasteiger partial charge in [0.15, 0.2) is 0 Å². The van der Waals surface area contributed by atoms with Crippen LogP contribution in [-0.4, -0.2) is 18.5 Å². The first-order valence-corrected chi connectivity index (χ1v) is 7.23. The molecule has 1 aromatic carbocycles. The van der Waals surface area contributed by atoms with E-state index >= 15 is 0 Å². The number of aryl methyl sites for hydroxylation is 1. The smallest absolute Gasteiger partial charge is 0.241 e. The van der Waals surface area contributed by atoms with Gasteiger partial charge in [-0.05, 0) is 49.9 Å². The van der Waals surface area contributed by atoms with Gasteiger partial charge in [-0.25, -0.2) is 0 Å². The fourth-order valence-corrected chi connectivity index (χ4v) is 2.70. The first-order chi connectivity index (χ1) is 8.97. The van der Waals surface area contributed by atoms with E-state index in [2.05, 4.69) is 17.6 Å². The minimum atomic E-state index is -0.153. The zero-order valence-corrected chi connectivity index (χ0v) is 12.6. The van der Waals surface area contributed by atoms with Crippen LogP contribution in [-0.2, 0) is 4.79 Å². The largest absolute Gasteiger partial charge is 0.323 e. The molecule has 2 atom stereocenters. The molecule has 1 aliphatic rings. The number of hydrogen-bond donors (Lipinski definition) is 2. The van der Waals surface area contributed by atoms with Crippen molar-refractivity contribution in [3.8, 4) is 0 Å². The third-order valence-electron chi connectivity index (χ3n) is 3.49. The van der Waals surface area contributed by atoms with Crippen molar-refractivity contribution in [1.82, 2.24) is 5.32 Å². The number of hydrogen-bond acceptors (Lipinski definition) is 2. The molecule has 0 aliphatic carbocycles. The van der Waals surface area contributed by atoms with Crippen LogP contribution in [0.2, 0.25) is 10.0 Å². The zero-order chi connectivity index (χ0) is 14.0. The van der Waals surface area contributed by atoms with Crippen LogP contribution in [0.3, 0.4) is 0 Å². The number of carbonyl (C=O) groups is 1. The van der Waals surface area contributed by atoms with Gasteiger partial charge in [0.25, 0.3) is 0 Å². The number of halogens is 2. The van der Waals surface area contributed by atoms with Crippen molar-refractivity contribution in [3.05, 3.63) is 27.7 Å². The molecule has 1 heterocycles. The number of amides is 1. The molecule has 1 amide bonds. The Morgan fingerprint density at radius 1 is 1.37 bits per heavy atom. The van der Waals surface area contributed by atoms with E-state index in [0.717, 1.165) is 24.9 Å². The van der Waals surface area contributed by atoms with Gasteiger partial charge < -0.3 is 10.6 Å². The van der Waals surface area contributed by atoms with Gasteiger partial charge in [-0.1, -0.05) is 30.1 Å². The van der Waals surface area contributed by atoms with Gasteiger partial charge in [-0.2, -0.15) is 0 Å². The Kier molecular flexibility index (Phi) is 4.71. The molecule has 19 heavy (non-hydrogen) atoms. The highest BCUT2D eigenvalue weighted by Gasteiger charge is 2.25. The third-order valence-corrected chi connectivity index (χ3v) is 4.21. The average Bonchev–Trinajstić information content (AvgIpc) is 2.36. The molecule has 0 spiro atoms. The Labute approximate surface area is 123 Å². The van der Waals surface area contributed by atoms with Gasteiger partial charge in [0.2, 0.25) is 5.91 Å². The van der Waals surface area contributed by atoms with Crippen molar-refractivity contribution >= 4 is 34.8 Å². The summed E-state index contributed by atoms with van der Waals surface area (Å²) in [7, 11) is 0. The SMILES string of the molecule is Cc1cc(Cl)c(NC(=O)C2CC(C)CCN2)cc1Cl. The van der Waals surface area contributed by atoms with E-state index in [1.807, 2.05) is 6.92 Å². The fraction of sp³-hybridized carbons (Fsp3) is 0.500. The molecule has 1 aromatic rings. The maximum atomic E-state index is 12.2. The Bertz CT molecular complexity index is 491. The van der Waals surface area contributed by atoms with Gasteiger partial charge in [-0.15, -0.1) is 0 Å². The second-order valence-corrected chi connectivity index (χ2v) is 6.02. The summed E-state index contributed by atoms with van der Waals surface area (Å²) < 4.78 is 0. The highest BCUT2D eigenvalue weighted by molar-refractivity contribution is 6.36. The maximum absolute atomic E-state index is 12.2. The Morgan fingerprint density at radius 2 is 2.11 bits per heavy atom. The molecule has 5 heteroatoms. The summed E-state index contributed by atoms with van der Waals surface area (Å²) in [4.78, 5) is 12.2. The van der Waals surface area contributed by atoms with Crippen molar-refractivity contribution in [2.24, 2.45) is 5.92 Å². The van der Waals surface area contributed by atoms with Gasteiger partial charge in [0, 0.05) is 5.02 Å². The Balaban J connectivity index is 2.08. The summed E-state index contributed by atoms with van der Waals surface area (Å²) in [5.74, 6) is 0.516. The van der Waals surface area contributed by atoms with Crippen molar-refractivity contribution in [2.75, 3.05) is 11.9 Å². The number of nitrogens with one attached hydrogen (secondary N) is 2. The number of anilines is 1. The summed E-state index contributed by atoms with van der Waals surface area (Å²) in [5.41, 5.74) is 1.47. The topological polar surface area (TPSA) is 41.1 Å². The van der Waals surface area contributed by atoms with E-state index in [9.17, 15) is 4.79 Å². The quantitative estimate of drug-likeness (QED) is 0.876. The lowest BCUT2D eigenvalue weighted by Crippen LogP contribution is -2.45. The second-order valence-electron chi connectivity index (χ2n) is 5.21. The van der Waals surface area contributed by atoms with E-state index in [1.165, 1.54) is 0 Å². The molecule has 104 valence electrons. The molecular formula is C14H18Cl2N2O. The molecule has 0 radical (unpaired) electrons. The van der Waals surface area contributed by atoms with Crippen molar-refractivity contribution in [1.29, 1.82) is 0 Å². The van der Waals surface area contributed by atoms with Gasteiger partial charge in [0.1, 0.15) is 0 Å². The molecular weight excluding hydrogens is 283 g/mol. The highest BCUT2D eigenvalue weighted by atomic mass is 35.5. The molecule has 3 nitrogen and oxygen atoms in total. The summed E-state index contributed by atoms with van der Waals surface area (Å²) in [5, 5.41) is 7.19. The molecule has 2 rings (SSSR count). The number of benzene rings is 1. The Morgan fingerprint density at radius 3 is 2.79 bits per heavy atom. The normalized spacial score (nSPS) is 23.2. The molecule has 2 N–H and O–H groups in total. The molecule has 1 aliphatic heterocycles. The first kappa shape index (κ1) is 14.6. The fourth-order valence-electron chi connectivity index (χ4n) is 2.27. The predicted molar refractivity (Wildman–Crippen MR) is 80.0 cm³/mol. The van der Waals surface area contributed by atoms with Crippen LogP contribution in [0, 0.1) is 12.8 Å². The van der Waals surface area contributed by atoms with Crippen LogP contribution in [0.4, 0.5) is 5.69 Å². The van der Waals surface area contributed by atoms with Gasteiger partial charge >= 0.3 is 0 Å². The van der Waals surface area contributed by atoms with Crippen LogP contribution in [0.25, 0.3) is 0 Å². The predicted octanol–water partition coefficient (Wildman–Crippen LogP) is 3.63. The second kappa shape index (κ2) is 6.12. The first-order valence-electron chi connectivity index (χ1n) is 6.47. The average molecular weight is 301 g/mol. The van der Waals surface area contributed by atoms with E-state index in [-0.39, 0.29) is 11.9 Å². The van der Waals surface area contributed by atoms with E-state index in [0.29, 0.717) is 21.7 Å². The zero-order valence-electron chi connectivity index (χ0n) is 11.1. The number of carbonyl (C=O) groups excluding carboxylic acids is 1. The molecule has 1 saturated heterocycles. The summed E-state index contributed by atoms with van der Waals surface area (Å²) in [6.45, 7) is 4.92. The Hall–Kier alpha value is -0.770. The molecule has 1 fully saturated rings. The van der Waals surface area contributed by atoms with E-state index in [4.69, 9.17) is 23.2 Å². The van der Waals surface area contributed by atoms with Crippen LogP contribution in [0.1, 0.15) is 25.3 Å². The lowest BCUT2D eigenvalue weighted by Gasteiger charge is -2.27. The lowest BCUT2D eigenvalue weighted by molar-refractivity contribution is -0.119. The summed E-state index contributed by atoms with van der Waals surface area (Å²) >= 11 is 12.2. The summed E-state index contributed by atoms with van der Waals surface area (Å²) in [6, 6.07) is 3.31. The maximum Gasteiger partial charge on any atom is 0.241 e. The highest BCUT2D eigenvalue weighted by Crippen LogP contribution is 2.29. The third kappa shape index (κ3) is 3.62. The lowest BCUT2D eigenvalue weighted by atomic mass is 9.94. The number of rotatable bonds is 2.